The monoisotopic (exact) mass is 430 g/mol. The second-order valence-corrected chi connectivity index (χ2v) is 7.70. The number of anilines is 1. The van der Waals surface area contributed by atoms with Crippen LogP contribution in [0.2, 0.25) is 0 Å². The molecular formula is C23H21F3N2O3. The van der Waals surface area contributed by atoms with Crippen molar-refractivity contribution in [2.75, 3.05) is 25.6 Å². The fraction of sp³-hybridized carbons (Fsp3) is 0.348. The maximum atomic E-state index is 12.6. The maximum absolute atomic E-state index is 12.6. The third kappa shape index (κ3) is 4.62. The number of benzene rings is 1. The summed E-state index contributed by atoms with van der Waals surface area (Å²) in [4.78, 5) is 15.7. The van der Waals surface area contributed by atoms with E-state index in [-0.39, 0.29) is 12.5 Å². The molecule has 8 heteroatoms. The highest BCUT2D eigenvalue weighted by Gasteiger charge is 2.50. The average molecular weight is 430 g/mol. The summed E-state index contributed by atoms with van der Waals surface area (Å²) in [6, 6.07) is 12.5. The topological polar surface area (TPSA) is 63.3 Å². The first kappa shape index (κ1) is 21.1. The molecule has 1 heterocycles. The molecule has 1 aromatic heterocycles. The van der Waals surface area contributed by atoms with Crippen molar-refractivity contribution in [1.29, 1.82) is 0 Å². The van der Waals surface area contributed by atoms with Gasteiger partial charge in [0, 0.05) is 30.7 Å². The van der Waals surface area contributed by atoms with Gasteiger partial charge >= 0.3 is 6.18 Å². The molecule has 2 aromatic carbocycles. The lowest BCUT2D eigenvalue weighted by atomic mass is 10.1. The summed E-state index contributed by atoms with van der Waals surface area (Å²) >= 11 is 0. The molecule has 2 N–H and O–H groups in total. The molecule has 0 saturated heterocycles. The van der Waals surface area contributed by atoms with Crippen molar-refractivity contribution in [2.24, 2.45) is 5.41 Å². The predicted molar refractivity (Wildman–Crippen MR) is 109 cm³/mol. The van der Waals surface area contributed by atoms with Gasteiger partial charge in [-0.25, -0.2) is 0 Å². The standard InChI is InChI=1S/C23H21F3N2O3/c1-30-14-22(9-10-22)21(29)28-20-13-27-19-7-2-15(12-18(19)20)8-11-31-17-5-3-16(4-6-17)23(24,25)26/h3-6,12-13,27H,8-11,14H2,1H3,(H,28,29). The summed E-state index contributed by atoms with van der Waals surface area (Å²) in [5, 5.41) is 3.78. The molecule has 0 atom stereocenters. The van der Waals surface area contributed by atoms with Crippen molar-refractivity contribution in [3.63, 3.8) is 0 Å². The van der Waals surface area contributed by atoms with Crippen LogP contribution in [0, 0.1) is 17.5 Å². The van der Waals surface area contributed by atoms with Gasteiger partial charge in [-0.2, -0.15) is 13.2 Å². The van der Waals surface area contributed by atoms with Crippen LogP contribution in [0.25, 0.3) is 10.9 Å². The Labute approximate surface area is 177 Å². The van der Waals surface area contributed by atoms with Gasteiger partial charge in [0.25, 0.3) is 0 Å². The number of alkyl halides is 3. The minimum Gasteiger partial charge on any atom is -0.493 e. The summed E-state index contributed by atoms with van der Waals surface area (Å²) in [5.74, 6) is 0.302. The van der Waals surface area contributed by atoms with Crippen LogP contribution in [0.4, 0.5) is 18.9 Å². The normalized spacial score (nSPS) is 14.8. The number of rotatable bonds is 8. The van der Waals surface area contributed by atoms with Gasteiger partial charge < -0.3 is 19.8 Å². The van der Waals surface area contributed by atoms with Gasteiger partial charge in [-0.1, -0.05) is 6.07 Å². The van der Waals surface area contributed by atoms with Crippen LogP contribution >= 0.6 is 0 Å². The average Bonchev–Trinajstić information content (AvgIpc) is 3.42. The van der Waals surface area contributed by atoms with Crippen LogP contribution in [0.1, 0.15) is 24.0 Å². The second kappa shape index (κ2) is 8.16. The lowest BCUT2D eigenvalue weighted by molar-refractivity contribution is -0.137. The van der Waals surface area contributed by atoms with E-state index in [2.05, 4.69) is 22.4 Å². The van der Waals surface area contributed by atoms with Gasteiger partial charge in [0.1, 0.15) is 5.75 Å². The molecule has 0 unspecified atom stereocenters. The molecule has 31 heavy (non-hydrogen) atoms. The molecule has 1 aliphatic carbocycles. The minimum absolute atomic E-state index is 0.0599. The molecule has 0 aliphatic heterocycles. The number of carbonyl (C=O) groups is 1. The Morgan fingerprint density at radius 1 is 1.23 bits per heavy atom. The number of amides is 1. The van der Waals surface area contributed by atoms with Gasteiger partial charge in [-0.15, -0.1) is 0 Å². The number of methoxy groups -OCH3 is 1. The third-order valence-corrected chi connectivity index (χ3v) is 5.41. The van der Waals surface area contributed by atoms with Gasteiger partial charge in [-0.3, -0.25) is 4.79 Å². The fourth-order valence-electron chi connectivity index (χ4n) is 3.42. The zero-order chi connectivity index (χ0) is 22.1. The van der Waals surface area contributed by atoms with Crippen LogP contribution in [0.3, 0.4) is 0 Å². The summed E-state index contributed by atoms with van der Waals surface area (Å²) in [7, 11) is 1.59. The van der Waals surface area contributed by atoms with E-state index >= 15 is 0 Å². The summed E-state index contributed by atoms with van der Waals surface area (Å²) in [6.45, 7) is 0.665. The minimum atomic E-state index is -4.37. The molecule has 5 nitrogen and oxygen atoms in total. The van der Waals surface area contributed by atoms with E-state index in [1.165, 1.54) is 12.1 Å². The predicted octanol–water partition coefficient (Wildman–Crippen LogP) is 4.77. The van der Waals surface area contributed by atoms with Gasteiger partial charge in [0.2, 0.25) is 5.91 Å². The number of fused-ring (bicyclic) bond motifs is 1. The lowest BCUT2D eigenvalue weighted by Crippen LogP contribution is -2.27. The Kier molecular flexibility index (Phi) is 5.54. The van der Waals surface area contributed by atoms with Crippen LogP contribution in [-0.4, -0.2) is 31.2 Å². The quantitative estimate of drug-likeness (QED) is 0.541. The van der Waals surface area contributed by atoms with E-state index in [0.29, 0.717) is 24.5 Å². The Balaban J connectivity index is 1.39. The van der Waals surface area contributed by atoms with E-state index in [0.717, 1.165) is 41.4 Å². The molecule has 1 saturated carbocycles. The molecule has 1 aliphatic rings. The zero-order valence-corrected chi connectivity index (χ0v) is 16.9. The number of ether oxygens (including phenoxy) is 2. The third-order valence-electron chi connectivity index (χ3n) is 5.41. The van der Waals surface area contributed by atoms with E-state index in [1.807, 2.05) is 6.07 Å². The van der Waals surface area contributed by atoms with Gasteiger partial charge in [0.15, 0.2) is 0 Å². The highest BCUT2D eigenvalue weighted by molar-refractivity contribution is 6.04. The highest BCUT2D eigenvalue weighted by Crippen LogP contribution is 2.47. The van der Waals surface area contributed by atoms with Crippen LogP contribution in [0.15, 0.2) is 36.5 Å². The molecule has 1 amide bonds. The van der Waals surface area contributed by atoms with E-state index in [9.17, 15) is 18.0 Å². The van der Waals surface area contributed by atoms with Gasteiger partial charge in [-0.05, 0) is 49.2 Å². The summed E-state index contributed by atoms with van der Waals surface area (Å²) in [5.41, 5.74) is 1.04. The van der Waals surface area contributed by atoms with Crippen LogP contribution < -0.4 is 10.1 Å². The van der Waals surface area contributed by atoms with Crippen LogP contribution in [-0.2, 0) is 22.1 Å². The number of hydrogen-bond donors (Lipinski definition) is 2. The van der Waals surface area contributed by atoms with E-state index in [4.69, 9.17) is 9.47 Å². The van der Waals surface area contributed by atoms with Crippen molar-refractivity contribution in [1.82, 2.24) is 4.98 Å². The molecule has 0 bridgehead atoms. The number of aromatic amines is 1. The summed E-state index contributed by atoms with van der Waals surface area (Å²) in [6.07, 6.45) is -0.550. The van der Waals surface area contributed by atoms with E-state index < -0.39 is 17.2 Å². The Hall–Kier alpha value is -3.18. The van der Waals surface area contributed by atoms with Crippen molar-refractivity contribution in [3.8, 4) is 5.75 Å². The lowest BCUT2D eigenvalue weighted by Gasteiger charge is -2.13. The first-order chi connectivity index (χ1) is 14.8. The number of H-pyrrole nitrogens is 1. The largest absolute Gasteiger partial charge is 0.493 e. The smallest absolute Gasteiger partial charge is 0.416 e. The Morgan fingerprint density at radius 2 is 1.97 bits per heavy atom. The number of aromatic nitrogens is 1. The molecule has 0 radical (unpaired) electrons. The molecule has 1 fully saturated rings. The van der Waals surface area contributed by atoms with Crippen LogP contribution in [0.5, 0.6) is 5.75 Å². The summed E-state index contributed by atoms with van der Waals surface area (Å²) < 4.78 is 48.6. The first-order valence-electron chi connectivity index (χ1n) is 9.85. The van der Waals surface area contributed by atoms with Crippen molar-refractivity contribution < 1.29 is 27.4 Å². The first-order valence-corrected chi connectivity index (χ1v) is 9.85. The fourth-order valence-corrected chi connectivity index (χ4v) is 3.42. The maximum Gasteiger partial charge on any atom is 0.416 e. The molecule has 0 spiro atoms. The SMILES string of the molecule is COCC1(C(=O)Nc2c[nH]c3c#cc(CCOc4ccc(C(F)(F)F)cc4)cc23)CC1. The molecule has 162 valence electrons. The molecule has 3 aromatic rings. The van der Waals surface area contributed by atoms with Crippen molar-refractivity contribution in [2.45, 2.75) is 25.4 Å². The highest BCUT2D eigenvalue weighted by atomic mass is 19.4. The Morgan fingerprint density at radius 3 is 2.61 bits per heavy atom. The second-order valence-electron chi connectivity index (χ2n) is 7.70. The zero-order valence-electron chi connectivity index (χ0n) is 16.9. The van der Waals surface area contributed by atoms with Crippen molar-refractivity contribution >= 4 is 22.5 Å². The van der Waals surface area contributed by atoms with E-state index in [1.54, 1.807) is 13.3 Å². The number of hydrogen-bond acceptors (Lipinski definition) is 3. The van der Waals surface area contributed by atoms with Gasteiger partial charge in [0.05, 0.1) is 35.4 Å². The molecular weight excluding hydrogens is 409 g/mol. The van der Waals surface area contributed by atoms with Crippen molar-refractivity contribution in [3.05, 3.63) is 59.8 Å². The number of halogens is 3. The number of nitrogens with one attached hydrogen (secondary N) is 2. The molecule has 4 rings (SSSR count). The number of carbonyl (C=O) groups excluding carboxylic acids is 1. The Bertz CT molecular complexity index is 1070.